The van der Waals surface area contributed by atoms with E-state index in [1.54, 1.807) is 0 Å². The van der Waals surface area contributed by atoms with Crippen molar-refractivity contribution in [3.8, 4) is 0 Å². The Kier molecular flexibility index (Phi) is 4.63. The van der Waals surface area contributed by atoms with Crippen LogP contribution in [0.5, 0.6) is 0 Å². The average molecular weight is 264 g/mol. The lowest BCUT2D eigenvalue weighted by molar-refractivity contribution is 0.0862. The Bertz CT molecular complexity index is 395. The highest BCUT2D eigenvalue weighted by molar-refractivity contribution is 5.04. The monoisotopic (exact) mass is 264 g/mol. The van der Waals surface area contributed by atoms with E-state index in [1.165, 1.54) is 38.2 Å². The summed E-state index contributed by atoms with van der Waals surface area (Å²) in [4.78, 5) is 7.15. The summed E-state index contributed by atoms with van der Waals surface area (Å²) in [6, 6.07) is 0.441. The van der Waals surface area contributed by atoms with Crippen LogP contribution in [-0.2, 0) is 13.5 Å². The molecule has 19 heavy (non-hydrogen) atoms. The zero-order chi connectivity index (χ0) is 13.9. The number of nitrogens with zero attached hydrogens (tertiary/aromatic N) is 3. The zero-order valence-corrected chi connectivity index (χ0v) is 12.8. The molecule has 0 aromatic carbocycles. The van der Waals surface area contributed by atoms with Crippen molar-refractivity contribution >= 4 is 0 Å². The molecule has 0 radical (unpaired) electrons. The molecule has 0 saturated carbocycles. The van der Waals surface area contributed by atoms with Crippen molar-refractivity contribution in [2.75, 3.05) is 20.1 Å². The SMILES string of the molecule is CCC(C)(C(Cc1nccn1C)NC)N1CCCC1. The molecule has 0 amide bonds. The van der Waals surface area contributed by atoms with Gasteiger partial charge in [0.2, 0.25) is 0 Å². The van der Waals surface area contributed by atoms with Crippen LogP contribution in [0, 0.1) is 0 Å². The fourth-order valence-corrected chi connectivity index (χ4v) is 3.33. The Morgan fingerprint density at radius 1 is 1.42 bits per heavy atom. The van der Waals surface area contributed by atoms with Gasteiger partial charge in [-0.1, -0.05) is 6.92 Å². The number of rotatable bonds is 6. The molecule has 0 bridgehead atoms. The Balaban J connectivity index is 2.15. The quantitative estimate of drug-likeness (QED) is 0.851. The molecule has 2 heterocycles. The van der Waals surface area contributed by atoms with Gasteiger partial charge in [0.15, 0.2) is 0 Å². The molecule has 1 N–H and O–H groups in total. The second-order valence-corrected chi connectivity index (χ2v) is 5.90. The van der Waals surface area contributed by atoms with Crippen molar-refractivity contribution < 1.29 is 0 Å². The Labute approximate surface area is 117 Å². The summed E-state index contributed by atoms with van der Waals surface area (Å²) in [5.74, 6) is 1.17. The van der Waals surface area contributed by atoms with Gasteiger partial charge in [-0.05, 0) is 46.3 Å². The third kappa shape index (κ3) is 2.84. The van der Waals surface area contributed by atoms with Crippen LogP contribution in [0.2, 0.25) is 0 Å². The summed E-state index contributed by atoms with van der Waals surface area (Å²) in [5.41, 5.74) is 0.219. The molecule has 4 nitrogen and oxygen atoms in total. The van der Waals surface area contributed by atoms with E-state index in [2.05, 4.69) is 47.7 Å². The highest BCUT2D eigenvalue weighted by Gasteiger charge is 2.39. The van der Waals surface area contributed by atoms with Gasteiger partial charge in [0.05, 0.1) is 0 Å². The minimum absolute atomic E-state index is 0.219. The number of nitrogens with one attached hydrogen (secondary N) is 1. The van der Waals surface area contributed by atoms with Gasteiger partial charge in [0, 0.05) is 37.4 Å². The highest BCUT2D eigenvalue weighted by Crippen LogP contribution is 2.29. The molecule has 0 aliphatic carbocycles. The van der Waals surface area contributed by atoms with Crippen LogP contribution in [0.25, 0.3) is 0 Å². The van der Waals surface area contributed by atoms with Crippen molar-refractivity contribution in [3.63, 3.8) is 0 Å². The second kappa shape index (κ2) is 6.06. The van der Waals surface area contributed by atoms with Crippen LogP contribution in [0.3, 0.4) is 0 Å². The third-order valence-electron chi connectivity index (χ3n) is 4.95. The minimum atomic E-state index is 0.219. The standard InChI is InChI=1S/C15H28N4/c1-5-15(2,19-9-6-7-10-19)13(16-3)12-14-17-8-11-18(14)4/h8,11,13,16H,5-7,9-10,12H2,1-4H3. The van der Waals surface area contributed by atoms with E-state index in [4.69, 9.17) is 0 Å². The van der Waals surface area contributed by atoms with Crippen molar-refractivity contribution in [2.45, 2.75) is 51.1 Å². The molecule has 1 fully saturated rings. The van der Waals surface area contributed by atoms with Gasteiger partial charge < -0.3 is 9.88 Å². The first-order valence-electron chi connectivity index (χ1n) is 7.50. The third-order valence-corrected chi connectivity index (χ3v) is 4.95. The number of imidazole rings is 1. The summed E-state index contributed by atoms with van der Waals surface area (Å²) in [6.45, 7) is 7.19. The van der Waals surface area contributed by atoms with Crippen molar-refractivity contribution in [2.24, 2.45) is 7.05 Å². The molecular weight excluding hydrogens is 236 g/mol. The van der Waals surface area contributed by atoms with Gasteiger partial charge in [-0.25, -0.2) is 4.98 Å². The van der Waals surface area contributed by atoms with Gasteiger partial charge in [-0.15, -0.1) is 0 Å². The number of hydrogen-bond donors (Lipinski definition) is 1. The maximum atomic E-state index is 4.48. The lowest BCUT2D eigenvalue weighted by Gasteiger charge is -2.44. The van der Waals surface area contributed by atoms with Crippen LogP contribution in [-0.4, -0.2) is 46.2 Å². The lowest BCUT2D eigenvalue weighted by Crippen LogP contribution is -2.58. The van der Waals surface area contributed by atoms with Crippen LogP contribution in [0.15, 0.2) is 12.4 Å². The fraction of sp³-hybridized carbons (Fsp3) is 0.800. The average Bonchev–Trinajstić information content (AvgIpc) is 3.07. The van der Waals surface area contributed by atoms with Gasteiger partial charge in [0.25, 0.3) is 0 Å². The molecule has 4 heteroatoms. The summed E-state index contributed by atoms with van der Waals surface area (Å²) < 4.78 is 2.13. The van der Waals surface area contributed by atoms with Gasteiger partial charge in [-0.3, -0.25) is 4.90 Å². The molecule has 2 rings (SSSR count). The fourth-order valence-electron chi connectivity index (χ4n) is 3.33. The molecule has 1 saturated heterocycles. The van der Waals surface area contributed by atoms with Gasteiger partial charge in [-0.2, -0.15) is 0 Å². The molecule has 108 valence electrons. The van der Waals surface area contributed by atoms with E-state index >= 15 is 0 Å². The minimum Gasteiger partial charge on any atom is -0.338 e. The lowest BCUT2D eigenvalue weighted by atomic mass is 9.85. The molecule has 2 atom stereocenters. The van der Waals surface area contributed by atoms with Crippen LogP contribution < -0.4 is 5.32 Å². The first-order valence-corrected chi connectivity index (χ1v) is 7.50. The summed E-state index contributed by atoms with van der Waals surface area (Å²) in [6.07, 6.45) is 8.76. The van der Waals surface area contributed by atoms with E-state index in [0.29, 0.717) is 6.04 Å². The molecule has 1 aliphatic heterocycles. The zero-order valence-electron chi connectivity index (χ0n) is 12.8. The highest BCUT2D eigenvalue weighted by atomic mass is 15.2. The molecule has 2 unspecified atom stereocenters. The first kappa shape index (κ1) is 14.5. The number of hydrogen-bond acceptors (Lipinski definition) is 3. The normalized spacial score (nSPS) is 21.5. The number of likely N-dealkylation sites (tertiary alicyclic amines) is 1. The maximum Gasteiger partial charge on any atom is 0.109 e. The molecule has 1 aromatic heterocycles. The number of aryl methyl sites for hydroxylation is 1. The maximum absolute atomic E-state index is 4.48. The van der Waals surface area contributed by atoms with Crippen LogP contribution in [0.4, 0.5) is 0 Å². The molecule has 1 aromatic rings. The van der Waals surface area contributed by atoms with Crippen LogP contribution >= 0.6 is 0 Å². The van der Waals surface area contributed by atoms with E-state index in [0.717, 1.165) is 6.42 Å². The smallest absolute Gasteiger partial charge is 0.109 e. The van der Waals surface area contributed by atoms with E-state index in [9.17, 15) is 0 Å². The second-order valence-electron chi connectivity index (χ2n) is 5.90. The van der Waals surface area contributed by atoms with Gasteiger partial charge in [0.1, 0.15) is 5.82 Å². The molecule has 1 aliphatic rings. The predicted octanol–water partition coefficient (Wildman–Crippen LogP) is 1.82. The Hall–Kier alpha value is -0.870. The first-order chi connectivity index (χ1) is 9.11. The van der Waals surface area contributed by atoms with Crippen molar-refractivity contribution in [3.05, 3.63) is 18.2 Å². The van der Waals surface area contributed by atoms with E-state index in [1.807, 2.05) is 12.4 Å². The summed E-state index contributed by atoms with van der Waals surface area (Å²) in [7, 11) is 4.16. The molecule has 0 spiro atoms. The Morgan fingerprint density at radius 3 is 2.58 bits per heavy atom. The number of aromatic nitrogens is 2. The van der Waals surface area contributed by atoms with Crippen LogP contribution in [0.1, 0.15) is 38.9 Å². The summed E-state index contributed by atoms with van der Waals surface area (Å²) >= 11 is 0. The largest absolute Gasteiger partial charge is 0.338 e. The topological polar surface area (TPSA) is 33.1 Å². The Morgan fingerprint density at radius 2 is 2.11 bits per heavy atom. The van der Waals surface area contributed by atoms with E-state index < -0.39 is 0 Å². The summed E-state index contributed by atoms with van der Waals surface area (Å²) in [5, 5.41) is 3.54. The van der Waals surface area contributed by atoms with Gasteiger partial charge >= 0.3 is 0 Å². The van der Waals surface area contributed by atoms with E-state index in [-0.39, 0.29) is 5.54 Å². The van der Waals surface area contributed by atoms with Crippen molar-refractivity contribution in [1.29, 1.82) is 0 Å². The molecular formula is C15H28N4. The predicted molar refractivity (Wildman–Crippen MR) is 79.3 cm³/mol. The number of likely N-dealkylation sites (N-methyl/N-ethyl adjacent to an activating group) is 1. The van der Waals surface area contributed by atoms with Crippen molar-refractivity contribution in [1.82, 2.24) is 19.8 Å².